The summed E-state index contributed by atoms with van der Waals surface area (Å²) in [7, 11) is 0. The van der Waals surface area contributed by atoms with Crippen LogP contribution in [0.2, 0.25) is 0 Å². The Hall–Kier alpha value is -0.610. The zero-order chi connectivity index (χ0) is 13.5. The van der Waals surface area contributed by atoms with Crippen molar-refractivity contribution in [3.8, 4) is 0 Å². The molecule has 0 radical (unpaired) electrons. The van der Waals surface area contributed by atoms with Crippen LogP contribution in [0.1, 0.15) is 51.9 Å². The first-order chi connectivity index (χ1) is 9.04. The first-order valence-corrected chi connectivity index (χ1v) is 7.68. The van der Waals surface area contributed by atoms with Gasteiger partial charge < -0.3 is 14.7 Å². The van der Waals surface area contributed by atoms with E-state index in [-0.39, 0.29) is 11.5 Å². The van der Waals surface area contributed by atoms with Gasteiger partial charge in [-0.2, -0.15) is 0 Å². The number of hydrogen-bond acceptors (Lipinski definition) is 3. The molecule has 3 aliphatic rings. The van der Waals surface area contributed by atoms with Crippen LogP contribution >= 0.6 is 0 Å². The molecule has 1 aliphatic carbocycles. The summed E-state index contributed by atoms with van der Waals surface area (Å²) in [6.07, 6.45) is 6.15. The van der Waals surface area contributed by atoms with Gasteiger partial charge in [0.15, 0.2) is 0 Å². The molecule has 3 fully saturated rings. The van der Waals surface area contributed by atoms with Crippen LogP contribution in [0.4, 0.5) is 0 Å². The molecular weight excluding hydrogens is 242 g/mol. The monoisotopic (exact) mass is 267 g/mol. The van der Waals surface area contributed by atoms with E-state index in [1.165, 1.54) is 0 Å². The van der Waals surface area contributed by atoms with Crippen LogP contribution in [0.15, 0.2) is 0 Å². The minimum atomic E-state index is -0.699. The van der Waals surface area contributed by atoms with E-state index in [2.05, 4.69) is 6.92 Å². The van der Waals surface area contributed by atoms with Gasteiger partial charge in [0, 0.05) is 13.1 Å². The summed E-state index contributed by atoms with van der Waals surface area (Å²) in [6.45, 7) is 4.59. The normalized spacial score (nSPS) is 36.7. The lowest BCUT2D eigenvalue weighted by atomic mass is 9.77. The Labute approximate surface area is 115 Å². The van der Waals surface area contributed by atoms with Gasteiger partial charge in [-0.15, -0.1) is 0 Å². The average Bonchev–Trinajstić information content (AvgIpc) is 2.95. The number of hydrogen-bond donors (Lipinski definition) is 1. The lowest BCUT2D eigenvalue weighted by molar-refractivity contribution is -0.140. The van der Waals surface area contributed by atoms with Crippen LogP contribution in [-0.2, 0) is 9.53 Å². The van der Waals surface area contributed by atoms with Gasteiger partial charge in [0.05, 0.1) is 24.2 Å². The Bertz CT molecular complexity index is 366. The number of ether oxygens (including phenoxy) is 1. The van der Waals surface area contributed by atoms with Gasteiger partial charge in [-0.05, 0) is 38.0 Å². The van der Waals surface area contributed by atoms with Crippen LogP contribution in [0.3, 0.4) is 0 Å². The maximum absolute atomic E-state index is 12.3. The summed E-state index contributed by atoms with van der Waals surface area (Å²) in [5.41, 5.74) is -0.770. The molecule has 2 heterocycles. The maximum atomic E-state index is 12.3. The van der Waals surface area contributed by atoms with E-state index in [4.69, 9.17) is 4.74 Å². The minimum absolute atomic E-state index is 0.0709. The second-order valence-electron chi connectivity index (χ2n) is 6.79. The highest BCUT2D eigenvalue weighted by atomic mass is 16.5. The van der Waals surface area contributed by atoms with E-state index in [1.54, 1.807) is 0 Å². The van der Waals surface area contributed by atoms with Crippen molar-refractivity contribution in [1.82, 2.24) is 4.90 Å². The Morgan fingerprint density at radius 3 is 2.79 bits per heavy atom. The minimum Gasteiger partial charge on any atom is -0.389 e. The molecule has 108 valence electrons. The van der Waals surface area contributed by atoms with Crippen molar-refractivity contribution in [3.63, 3.8) is 0 Å². The Kier molecular flexibility index (Phi) is 3.34. The average molecular weight is 267 g/mol. The van der Waals surface area contributed by atoms with Gasteiger partial charge >= 0.3 is 0 Å². The van der Waals surface area contributed by atoms with Crippen molar-refractivity contribution in [1.29, 1.82) is 0 Å². The number of aliphatic hydroxyl groups is 1. The summed E-state index contributed by atoms with van der Waals surface area (Å²) in [5.74, 6) is 0.772. The molecule has 0 aromatic rings. The van der Waals surface area contributed by atoms with Crippen molar-refractivity contribution >= 4 is 5.91 Å². The zero-order valence-corrected chi connectivity index (χ0v) is 11.9. The third-order valence-electron chi connectivity index (χ3n) is 5.30. The van der Waals surface area contributed by atoms with Crippen LogP contribution in [0.5, 0.6) is 0 Å². The van der Waals surface area contributed by atoms with Crippen LogP contribution < -0.4 is 0 Å². The fourth-order valence-corrected chi connectivity index (χ4v) is 3.70. The van der Waals surface area contributed by atoms with Crippen molar-refractivity contribution in [2.75, 3.05) is 19.7 Å². The number of nitrogens with zero attached hydrogens (tertiary/aromatic N) is 1. The fraction of sp³-hybridized carbons (Fsp3) is 0.933. The standard InChI is InChI=1S/C15H25NO3/c1-2-12-8-15(19-10-12)6-7-16(11-15)13(17)9-14(18)4-3-5-14/h12,18H,2-11H2,1H3. The molecule has 19 heavy (non-hydrogen) atoms. The molecule has 1 saturated carbocycles. The van der Waals surface area contributed by atoms with Crippen LogP contribution in [0, 0.1) is 5.92 Å². The third-order valence-corrected chi connectivity index (χ3v) is 5.30. The van der Waals surface area contributed by atoms with E-state index in [0.717, 1.165) is 58.2 Å². The molecule has 2 aliphatic heterocycles. The molecule has 2 atom stereocenters. The SMILES string of the molecule is CCC1COC2(CCN(C(=O)CC3(O)CCC3)C2)C1. The molecular formula is C15H25NO3. The molecule has 2 unspecified atom stereocenters. The molecule has 4 nitrogen and oxygen atoms in total. The highest BCUT2D eigenvalue weighted by Crippen LogP contribution is 2.40. The number of carbonyl (C=O) groups is 1. The van der Waals surface area contributed by atoms with Gasteiger partial charge in [0.1, 0.15) is 0 Å². The van der Waals surface area contributed by atoms with Gasteiger partial charge in [-0.25, -0.2) is 0 Å². The molecule has 2 saturated heterocycles. The summed E-state index contributed by atoms with van der Waals surface area (Å²) < 4.78 is 6.00. The summed E-state index contributed by atoms with van der Waals surface area (Å²) >= 11 is 0. The number of rotatable bonds is 3. The number of carbonyl (C=O) groups excluding carboxylic acids is 1. The van der Waals surface area contributed by atoms with Gasteiger partial charge in [0.25, 0.3) is 0 Å². The molecule has 3 rings (SSSR count). The molecule has 0 aromatic heterocycles. The second-order valence-corrected chi connectivity index (χ2v) is 6.79. The summed E-state index contributed by atoms with van der Waals surface area (Å²) in [5, 5.41) is 10.1. The van der Waals surface area contributed by atoms with Crippen molar-refractivity contribution in [2.24, 2.45) is 5.92 Å². The second kappa shape index (κ2) is 4.74. The molecule has 0 aromatic carbocycles. The van der Waals surface area contributed by atoms with E-state index in [1.807, 2.05) is 4.90 Å². The molecule has 0 bridgehead atoms. The summed E-state index contributed by atoms with van der Waals surface area (Å²) in [6, 6.07) is 0. The van der Waals surface area contributed by atoms with Gasteiger partial charge in [-0.1, -0.05) is 13.3 Å². The molecule has 4 heteroatoms. The predicted octanol–water partition coefficient (Wildman–Crippen LogP) is 1.71. The van der Waals surface area contributed by atoms with Gasteiger partial charge in [-0.3, -0.25) is 4.79 Å². The van der Waals surface area contributed by atoms with Crippen LogP contribution in [-0.4, -0.2) is 46.8 Å². The van der Waals surface area contributed by atoms with Crippen molar-refractivity contribution in [2.45, 2.75) is 63.1 Å². The first kappa shape index (κ1) is 13.4. The van der Waals surface area contributed by atoms with Crippen molar-refractivity contribution in [3.05, 3.63) is 0 Å². The molecule has 1 spiro atoms. The molecule has 1 N–H and O–H groups in total. The zero-order valence-electron chi connectivity index (χ0n) is 11.9. The number of amides is 1. The molecule has 1 amide bonds. The quantitative estimate of drug-likeness (QED) is 0.847. The summed E-state index contributed by atoms with van der Waals surface area (Å²) in [4.78, 5) is 14.2. The third kappa shape index (κ3) is 2.52. The largest absolute Gasteiger partial charge is 0.389 e. The smallest absolute Gasteiger partial charge is 0.225 e. The topological polar surface area (TPSA) is 49.8 Å². The predicted molar refractivity (Wildman–Crippen MR) is 71.7 cm³/mol. The van der Waals surface area contributed by atoms with Crippen molar-refractivity contribution < 1.29 is 14.6 Å². The maximum Gasteiger partial charge on any atom is 0.225 e. The van der Waals surface area contributed by atoms with E-state index in [9.17, 15) is 9.90 Å². The Morgan fingerprint density at radius 2 is 2.21 bits per heavy atom. The lowest BCUT2D eigenvalue weighted by Crippen LogP contribution is -2.44. The van der Waals surface area contributed by atoms with Gasteiger partial charge in [0.2, 0.25) is 5.91 Å². The fourth-order valence-electron chi connectivity index (χ4n) is 3.70. The highest BCUT2D eigenvalue weighted by molar-refractivity contribution is 5.78. The van der Waals surface area contributed by atoms with E-state index < -0.39 is 5.60 Å². The van der Waals surface area contributed by atoms with Crippen LogP contribution in [0.25, 0.3) is 0 Å². The highest BCUT2D eigenvalue weighted by Gasteiger charge is 2.47. The Balaban J connectivity index is 1.55. The Morgan fingerprint density at radius 1 is 1.42 bits per heavy atom. The lowest BCUT2D eigenvalue weighted by Gasteiger charge is -2.37. The number of likely N-dealkylation sites (tertiary alicyclic amines) is 1. The first-order valence-electron chi connectivity index (χ1n) is 7.68. The van der Waals surface area contributed by atoms with E-state index >= 15 is 0 Å². The van der Waals surface area contributed by atoms with E-state index in [0.29, 0.717) is 12.3 Å².